The topological polar surface area (TPSA) is 89.5 Å². The fourth-order valence-electron chi connectivity index (χ4n) is 3.87. The van der Waals surface area contributed by atoms with E-state index in [1.807, 2.05) is 12.1 Å². The maximum absolute atomic E-state index is 12.9. The molecule has 0 bridgehead atoms. The van der Waals surface area contributed by atoms with E-state index >= 15 is 0 Å². The van der Waals surface area contributed by atoms with Crippen molar-refractivity contribution in [3.05, 3.63) is 52.8 Å². The second-order valence-corrected chi connectivity index (χ2v) is 8.94. The van der Waals surface area contributed by atoms with Crippen LogP contribution in [0.3, 0.4) is 0 Å². The second-order valence-electron chi connectivity index (χ2n) is 7.18. The van der Waals surface area contributed by atoms with Gasteiger partial charge in [0.1, 0.15) is 5.76 Å². The standard InChI is InChI=1S/C19H24N4O4S/c1-21-15-8-7-14(12-16(15)22(2)19(21)24)28(25,26)20-13-17(18-6-5-11-27-18)23-9-3-4-10-23/h5-8,11-12,17,20H,3-4,9-10,13H2,1-2H3/t17-/m1/s1. The van der Waals surface area contributed by atoms with Crippen molar-refractivity contribution in [3.8, 4) is 0 Å². The molecule has 0 amide bonds. The number of nitrogens with one attached hydrogen (secondary N) is 1. The number of imidazole rings is 1. The molecule has 0 spiro atoms. The lowest BCUT2D eigenvalue weighted by Gasteiger charge is -2.26. The lowest BCUT2D eigenvalue weighted by molar-refractivity contribution is 0.216. The van der Waals surface area contributed by atoms with Gasteiger partial charge in [-0.1, -0.05) is 0 Å². The van der Waals surface area contributed by atoms with E-state index in [9.17, 15) is 13.2 Å². The largest absolute Gasteiger partial charge is 0.468 e. The SMILES string of the molecule is Cn1c(=O)n(C)c2cc(S(=O)(=O)NC[C@H](c3ccco3)N3CCCC3)ccc21. The Morgan fingerprint density at radius 3 is 2.50 bits per heavy atom. The Bertz CT molecular complexity index is 1140. The Kier molecular flexibility index (Phi) is 4.90. The Balaban J connectivity index is 1.60. The molecule has 28 heavy (non-hydrogen) atoms. The number of hydrogen-bond donors (Lipinski definition) is 1. The highest BCUT2D eigenvalue weighted by atomic mass is 32.2. The van der Waals surface area contributed by atoms with E-state index < -0.39 is 10.0 Å². The second kappa shape index (κ2) is 7.23. The third kappa shape index (κ3) is 3.30. The molecular weight excluding hydrogens is 380 g/mol. The number of sulfonamides is 1. The van der Waals surface area contributed by atoms with Crippen LogP contribution in [0, 0.1) is 0 Å². The Morgan fingerprint density at radius 2 is 1.82 bits per heavy atom. The van der Waals surface area contributed by atoms with Crippen LogP contribution in [0.15, 0.2) is 50.7 Å². The summed E-state index contributed by atoms with van der Waals surface area (Å²) in [7, 11) is -0.429. The first kappa shape index (κ1) is 19.0. The summed E-state index contributed by atoms with van der Waals surface area (Å²) in [5, 5.41) is 0. The third-order valence-electron chi connectivity index (χ3n) is 5.47. The molecule has 1 aromatic carbocycles. The zero-order valence-electron chi connectivity index (χ0n) is 16.0. The number of nitrogens with zero attached hydrogens (tertiary/aromatic N) is 3. The normalized spacial score (nSPS) is 16.8. The van der Waals surface area contributed by atoms with Crippen LogP contribution in [0.4, 0.5) is 0 Å². The molecule has 1 aliphatic heterocycles. The summed E-state index contributed by atoms with van der Waals surface area (Å²) in [6.45, 7) is 2.07. The quantitative estimate of drug-likeness (QED) is 0.674. The van der Waals surface area contributed by atoms with Gasteiger partial charge >= 0.3 is 5.69 Å². The first-order valence-electron chi connectivity index (χ1n) is 9.31. The Morgan fingerprint density at radius 1 is 1.11 bits per heavy atom. The number of likely N-dealkylation sites (tertiary alicyclic amines) is 1. The number of rotatable bonds is 6. The van der Waals surface area contributed by atoms with Crippen LogP contribution in [0.1, 0.15) is 24.6 Å². The third-order valence-corrected chi connectivity index (χ3v) is 6.89. The lowest BCUT2D eigenvalue weighted by Crippen LogP contribution is -2.36. The molecule has 1 N–H and O–H groups in total. The van der Waals surface area contributed by atoms with Crippen LogP contribution in [0.2, 0.25) is 0 Å². The van der Waals surface area contributed by atoms with Crippen molar-refractivity contribution in [2.45, 2.75) is 23.8 Å². The molecule has 150 valence electrons. The van der Waals surface area contributed by atoms with E-state index in [1.54, 1.807) is 26.4 Å². The van der Waals surface area contributed by atoms with Gasteiger partial charge in [-0.15, -0.1) is 0 Å². The highest BCUT2D eigenvalue weighted by Crippen LogP contribution is 2.26. The van der Waals surface area contributed by atoms with Crippen molar-refractivity contribution in [1.82, 2.24) is 18.8 Å². The molecular formula is C19H24N4O4S. The fourth-order valence-corrected chi connectivity index (χ4v) is 4.93. The van der Waals surface area contributed by atoms with Crippen LogP contribution in [0.25, 0.3) is 11.0 Å². The van der Waals surface area contributed by atoms with E-state index in [0.29, 0.717) is 11.0 Å². The number of aryl methyl sites for hydroxylation is 2. The van der Waals surface area contributed by atoms with Crippen molar-refractivity contribution in [2.24, 2.45) is 14.1 Å². The fraction of sp³-hybridized carbons (Fsp3) is 0.421. The van der Waals surface area contributed by atoms with Crippen molar-refractivity contribution < 1.29 is 12.8 Å². The molecule has 8 nitrogen and oxygen atoms in total. The van der Waals surface area contributed by atoms with E-state index in [2.05, 4.69) is 9.62 Å². The summed E-state index contributed by atoms with van der Waals surface area (Å²) < 4.78 is 37.0. The molecule has 1 saturated heterocycles. The van der Waals surface area contributed by atoms with Gasteiger partial charge < -0.3 is 4.42 Å². The molecule has 1 aliphatic rings. The number of fused-ring (bicyclic) bond motifs is 1. The smallest absolute Gasteiger partial charge is 0.328 e. The minimum atomic E-state index is -3.73. The van der Waals surface area contributed by atoms with Crippen LogP contribution < -0.4 is 10.4 Å². The van der Waals surface area contributed by atoms with Crippen molar-refractivity contribution in [1.29, 1.82) is 0 Å². The van der Waals surface area contributed by atoms with Crippen molar-refractivity contribution >= 4 is 21.1 Å². The molecule has 0 aliphatic carbocycles. The maximum atomic E-state index is 12.9. The van der Waals surface area contributed by atoms with E-state index in [-0.39, 0.29) is 23.2 Å². The van der Waals surface area contributed by atoms with Gasteiger partial charge in [0.05, 0.1) is 28.2 Å². The zero-order chi connectivity index (χ0) is 19.9. The summed E-state index contributed by atoms with van der Waals surface area (Å²) in [6, 6.07) is 8.28. The van der Waals surface area contributed by atoms with Crippen molar-refractivity contribution in [2.75, 3.05) is 19.6 Å². The predicted molar refractivity (Wildman–Crippen MR) is 106 cm³/mol. The van der Waals surface area contributed by atoms with Crippen LogP contribution in [-0.2, 0) is 24.1 Å². The monoisotopic (exact) mass is 404 g/mol. The highest BCUT2D eigenvalue weighted by Gasteiger charge is 2.27. The van der Waals surface area contributed by atoms with E-state index in [1.165, 1.54) is 21.3 Å². The van der Waals surface area contributed by atoms with Crippen LogP contribution >= 0.6 is 0 Å². The van der Waals surface area contributed by atoms with E-state index in [4.69, 9.17) is 4.42 Å². The van der Waals surface area contributed by atoms with Gasteiger partial charge in [0.15, 0.2) is 0 Å². The molecule has 0 unspecified atom stereocenters. The number of benzene rings is 1. The first-order chi connectivity index (χ1) is 13.4. The van der Waals surface area contributed by atoms with Gasteiger partial charge in [-0.2, -0.15) is 0 Å². The molecule has 9 heteroatoms. The summed E-state index contributed by atoms with van der Waals surface area (Å²) in [5.74, 6) is 0.755. The minimum absolute atomic E-state index is 0.140. The maximum Gasteiger partial charge on any atom is 0.328 e. The average Bonchev–Trinajstić information content (AvgIpc) is 3.43. The molecule has 3 heterocycles. The van der Waals surface area contributed by atoms with Crippen LogP contribution in [0.5, 0.6) is 0 Å². The molecule has 1 atom stereocenters. The number of aromatic nitrogens is 2. The summed E-state index contributed by atoms with van der Waals surface area (Å²) >= 11 is 0. The summed E-state index contributed by atoms with van der Waals surface area (Å²) in [4.78, 5) is 14.5. The highest BCUT2D eigenvalue weighted by molar-refractivity contribution is 7.89. The van der Waals surface area contributed by atoms with Gasteiger partial charge in [-0.3, -0.25) is 14.0 Å². The Hall–Kier alpha value is -2.36. The van der Waals surface area contributed by atoms with Crippen LogP contribution in [-0.4, -0.2) is 42.1 Å². The summed E-state index contributed by atoms with van der Waals surface area (Å²) in [5.41, 5.74) is 1.08. The van der Waals surface area contributed by atoms with Gasteiger partial charge in [-0.05, 0) is 56.3 Å². The lowest BCUT2D eigenvalue weighted by atomic mass is 10.2. The number of hydrogen-bond acceptors (Lipinski definition) is 5. The Labute approximate surface area is 163 Å². The molecule has 3 aromatic rings. The number of furan rings is 1. The predicted octanol–water partition coefficient (Wildman–Crippen LogP) is 1.59. The average molecular weight is 404 g/mol. The first-order valence-corrected chi connectivity index (χ1v) is 10.8. The van der Waals surface area contributed by atoms with Gasteiger partial charge in [0.25, 0.3) is 0 Å². The summed E-state index contributed by atoms with van der Waals surface area (Å²) in [6.07, 6.45) is 3.81. The van der Waals surface area contributed by atoms with Crippen molar-refractivity contribution in [3.63, 3.8) is 0 Å². The minimum Gasteiger partial charge on any atom is -0.468 e. The van der Waals surface area contributed by atoms with Gasteiger partial charge in [-0.25, -0.2) is 17.9 Å². The molecule has 4 rings (SSSR count). The molecule has 0 radical (unpaired) electrons. The van der Waals surface area contributed by atoms with Gasteiger partial charge in [0, 0.05) is 20.6 Å². The van der Waals surface area contributed by atoms with E-state index in [0.717, 1.165) is 31.7 Å². The molecule has 1 fully saturated rings. The molecule has 2 aromatic heterocycles. The molecule has 0 saturated carbocycles. The van der Waals surface area contributed by atoms with Gasteiger partial charge in [0.2, 0.25) is 10.0 Å². The zero-order valence-corrected chi connectivity index (χ0v) is 16.8.